The first-order valence-electron chi connectivity index (χ1n) is 13.1. The summed E-state index contributed by atoms with van der Waals surface area (Å²) in [5, 5.41) is 24.6. The number of carboxylic acid groups (broad SMARTS) is 2. The Labute approximate surface area is 222 Å². The summed E-state index contributed by atoms with van der Waals surface area (Å²) in [4.78, 5) is 24.0. The van der Waals surface area contributed by atoms with Crippen molar-refractivity contribution in [1.82, 2.24) is 4.90 Å². The van der Waals surface area contributed by atoms with E-state index >= 15 is 0 Å². The number of halogens is 1. The summed E-state index contributed by atoms with van der Waals surface area (Å²) in [6, 6.07) is 16.7. The molecule has 2 atom stereocenters. The number of piperazine rings is 1. The zero-order chi connectivity index (χ0) is 27.2. The van der Waals surface area contributed by atoms with Gasteiger partial charge in [-0.3, -0.25) is 4.90 Å². The van der Waals surface area contributed by atoms with Crippen LogP contribution in [0, 0.1) is 35.9 Å². The minimum absolute atomic E-state index is 0.124. The molecule has 0 aromatic heterocycles. The Kier molecular flexibility index (Phi) is 8.80. The lowest BCUT2D eigenvalue weighted by molar-refractivity contribution is -0.134. The van der Waals surface area contributed by atoms with E-state index in [2.05, 4.69) is 41.0 Å². The molecule has 1 heterocycles. The Hall–Kier alpha value is -3.70. The van der Waals surface area contributed by atoms with Gasteiger partial charge < -0.3 is 15.1 Å². The SMILES string of the molecule is Cc1cccc(C2CC3CC(N4CCN(c5ccc(C#N)c(F)c5)CC4)CC3C2)c1.O=C(O)/C=C/C(=O)O. The largest absolute Gasteiger partial charge is 0.478 e. The van der Waals surface area contributed by atoms with Gasteiger partial charge >= 0.3 is 11.9 Å². The van der Waals surface area contributed by atoms with E-state index in [1.807, 2.05) is 12.1 Å². The lowest BCUT2D eigenvalue weighted by Crippen LogP contribution is -2.50. The molecule has 2 aliphatic carbocycles. The third-order valence-electron chi connectivity index (χ3n) is 8.14. The molecule has 2 unspecified atom stereocenters. The summed E-state index contributed by atoms with van der Waals surface area (Å²) in [6.07, 6.45) is 6.52. The summed E-state index contributed by atoms with van der Waals surface area (Å²) in [5.41, 5.74) is 3.95. The van der Waals surface area contributed by atoms with Crippen molar-refractivity contribution in [2.75, 3.05) is 31.1 Å². The molecule has 2 N–H and O–H groups in total. The molecular weight excluding hydrogens is 485 g/mol. The number of carboxylic acids is 2. The highest BCUT2D eigenvalue weighted by Crippen LogP contribution is 2.51. The number of carbonyl (C=O) groups is 2. The molecule has 2 saturated carbocycles. The zero-order valence-electron chi connectivity index (χ0n) is 21.6. The lowest BCUT2D eigenvalue weighted by atomic mass is 9.92. The average molecular weight is 520 g/mol. The summed E-state index contributed by atoms with van der Waals surface area (Å²) in [7, 11) is 0. The van der Waals surface area contributed by atoms with Crippen LogP contribution in [0.4, 0.5) is 10.1 Å². The second-order valence-corrected chi connectivity index (χ2v) is 10.5. The molecule has 8 heteroatoms. The molecule has 5 rings (SSSR count). The molecule has 2 aromatic carbocycles. The lowest BCUT2D eigenvalue weighted by Gasteiger charge is -2.39. The standard InChI is InChI=1S/C26H30FN3.C4H4O4/c1-18-3-2-4-19(11-18)21-12-22-14-25(15-23(22)13-21)30-9-7-29(8-10-30)24-6-5-20(17-28)26(27)16-24;5-3(6)1-2-4(7)8/h2-6,11,16,21-23,25H,7-10,12-15H2,1H3;1-2H,(H,5,6)(H,7,8)/b;2-1+. The quantitative estimate of drug-likeness (QED) is 0.546. The first-order valence-corrected chi connectivity index (χ1v) is 13.1. The molecule has 2 aromatic rings. The number of aliphatic carboxylic acids is 2. The van der Waals surface area contributed by atoms with Gasteiger partial charge in [0.25, 0.3) is 0 Å². The van der Waals surface area contributed by atoms with Gasteiger partial charge in [0.2, 0.25) is 0 Å². The van der Waals surface area contributed by atoms with Gasteiger partial charge in [-0.1, -0.05) is 29.8 Å². The van der Waals surface area contributed by atoms with Crippen molar-refractivity contribution in [3.8, 4) is 6.07 Å². The van der Waals surface area contributed by atoms with Crippen molar-refractivity contribution in [3.63, 3.8) is 0 Å². The van der Waals surface area contributed by atoms with Crippen molar-refractivity contribution in [2.45, 2.75) is 44.6 Å². The highest BCUT2D eigenvalue weighted by atomic mass is 19.1. The maximum Gasteiger partial charge on any atom is 0.328 e. The van der Waals surface area contributed by atoms with E-state index in [0.29, 0.717) is 12.2 Å². The van der Waals surface area contributed by atoms with Crippen molar-refractivity contribution in [1.29, 1.82) is 5.26 Å². The molecule has 3 fully saturated rings. The first-order chi connectivity index (χ1) is 18.2. The maximum absolute atomic E-state index is 14.0. The minimum Gasteiger partial charge on any atom is -0.478 e. The van der Waals surface area contributed by atoms with Gasteiger partial charge in [-0.15, -0.1) is 0 Å². The van der Waals surface area contributed by atoms with Gasteiger partial charge in [0, 0.05) is 50.1 Å². The first kappa shape index (κ1) is 27.3. The summed E-state index contributed by atoms with van der Waals surface area (Å²) in [6.45, 7) is 6.16. The van der Waals surface area contributed by atoms with Gasteiger partial charge in [-0.05, 0) is 74.1 Å². The Morgan fingerprint density at radius 3 is 2.11 bits per heavy atom. The number of fused-ring (bicyclic) bond motifs is 1. The number of aryl methyl sites for hydroxylation is 1. The third kappa shape index (κ3) is 6.78. The Bertz CT molecular complexity index is 1200. The predicted molar refractivity (Wildman–Crippen MR) is 142 cm³/mol. The van der Waals surface area contributed by atoms with Gasteiger partial charge in [-0.2, -0.15) is 5.26 Å². The summed E-state index contributed by atoms with van der Waals surface area (Å²) < 4.78 is 14.0. The summed E-state index contributed by atoms with van der Waals surface area (Å²) in [5.74, 6) is -0.412. The topological polar surface area (TPSA) is 105 Å². The zero-order valence-corrected chi connectivity index (χ0v) is 21.6. The Morgan fingerprint density at radius 1 is 0.947 bits per heavy atom. The van der Waals surface area contributed by atoms with E-state index in [-0.39, 0.29) is 5.56 Å². The fourth-order valence-electron chi connectivity index (χ4n) is 6.36. The number of benzene rings is 2. The van der Waals surface area contributed by atoms with Crippen molar-refractivity contribution in [3.05, 3.63) is 77.1 Å². The second-order valence-electron chi connectivity index (χ2n) is 10.5. The normalized spacial score (nSPS) is 24.9. The number of rotatable bonds is 5. The van der Waals surface area contributed by atoms with Crippen LogP contribution in [0.15, 0.2) is 54.6 Å². The molecule has 0 spiro atoms. The van der Waals surface area contributed by atoms with Crippen molar-refractivity contribution >= 4 is 17.6 Å². The monoisotopic (exact) mass is 519 g/mol. The van der Waals surface area contributed by atoms with Crippen LogP contribution in [0.2, 0.25) is 0 Å². The van der Waals surface area contributed by atoms with Crippen LogP contribution in [-0.2, 0) is 9.59 Å². The van der Waals surface area contributed by atoms with Crippen LogP contribution in [0.25, 0.3) is 0 Å². The smallest absolute Gasteiger partial charge is 0.328 e. The van der Waals surface area contributed by atoms with Crippen LogP contribution in [0.1, 0.15) is 48.3 Å². The van der Waals surface area contributed by atoms with E-state index in [9.17, 15) is 14.0 Å². The van der Waals surface area contributed by atoms with Crippen LogP contribution < -0.4 is 4.90 Å². The molecule has 3 aliphatic rings. The highest BCUT2D eigenvalue weighted by molar-refractivity contribution is 5.89. The molecule has 1 aliphatic heterocycles. The molecule has 200 valence electrons. The maximum atomic E-state index is 14.0. The predicted octanol–water partition coefficient (Wildman–Crippen LogP) is 4.81. The minimum atomic E-state index is -1.26. The molecular formula is C30H34FN3O4. The fraction of sp³-hybridized carbons (Fsp3) is 0.433. The van der Waals surface area contributed by atoms with Crippen LogP contribution >= 0.6 is 0 Å². The Morgan fingerprint density at radius 2 is 1.58 bits per heavy atom. The third-order valence-corrected chi connectivity index (χ3v) is 8.14. The average Bonchev–Trinajstić information content (AvgIpc) is 3.48. The van der Waals surface area contributed by atoms with E-state index in [4.69, 9.17) is 15.5 Å². The number of nitrogens with zero attached hydrogens (tertiary/aromatic N) is 3. The van der Waals surface area contributed by atoms with Crippen molar-refractivity contribution < 1.29 is 24.2 Å². The van der Waals surface area contributed by atoms with E-state index in [0.717, 1.165) is 55.7 Å². The van der Waals surface area contributed by atoms with Gasteiger partial charge in [-0.25, -0.2) is 14.0 Å². The van der Waals surface area contributed by atoms with Crippen molar-refractivity contribution in [2.24, 2.45) is 11.8 Å². The van der Waals surface area contributed by atoms with Gasteiger partial charge in [0.15, 0.2) is 0 Å². The summed E-state index contributed by atoms with van der Waals surface area (Å²) >= 11 is 0. The molecule has 0 bridgehead atoms. The molecule has 0 radical (unpaired) electrons. The van der Waals surface area contributed by atoms with Gasteiger partial charge in [0.05, 0.1) is 5.56 Å². The molecule has 0 amide bonds. The number of nitriles is 1. The fourth-order valence-corrected chi connectivity index (χ4v) is 6.36. The van der Waals surface area contributed by atoms with E-state index < -0.39 is 17.8 Å². The number of hydrogen-bond donors (Lipinski definition) is 2. The molecule has 7 nitrogen and oxygen atoms in total. The van der Waals surface area contributed by atoms with Gasteiger partial charge in [0.1, 0.15) is 11.9 Å². The highest BCUT2D eigenvalue weighted by Gasteiger charge is 2.44. The van der Waals surface area contributed by atoms with E-state index in [1.165, 1.54) is 37.3 Å². The molecule has 38 heavy (non-hydrogen) atoms. The Balaban J connectivity index is 0.000000368. The molecule has 1 saturated heterocycles. The number of hydrogen-bond acceptors (Lipinski definition) is 5. The van der Waals surface area contributed by atoms with Crippen LogP contribution in [0.3, 0.4) is 0 Å². The van der Waals surface area contributed by atoms with Crippen LogP contribution in [0.5, 0.6) is 0 Å². The van der Waals surface area contributed by atoms with Crippen LogP contribution in [-0.4, -0.2) is 59.3 Å². The number of anilines is 1. The second kappa shape index (κ2) is 12.2. The van der Waals surface area contributed by atoms with E-state index in [1.54, 1.807) is 11.6 Å².